The third-order valence-corrected chi connectivity index (χ3v) is 5.67. The Bertz CT molecular complexity index is 1060. The maximum Gasteiger partial charge on any atom is 0.267 e. The quantitative estimate of drug-likeness (QED) is 0.713. The molecule has 3 rings (SSSR count). The number of nitrogens with zero attached hydrogens (tertiary/aromatic N) is 1. The number of carbonyl (C=O) groups is 1. The molecule has 0 radical (unpaired) electrons. The predicted molar refractivity (Wildman–Crippen MR) is 98.0 cm³/mol. The van der Waals surface area contributed by atoms with Crippen LogP contribution in [0.3, 0.4) is 0 Å². The summed E-state index contributed by atoms with van der Waals surface area (Å²) in [5, 5.41) is 8.34. The number of benzene rings is 2. The molecule has 1 heterocycles. The van der Waals surface area contributed by atoms with Gasteiger partial charge in [-0.15, -0.1) is 11.3 Å². The maximum atomic E-state index is 13.0. The molecule has 0 aliphatic heterocycles. The van der Waals surface area contributed by atoms with Crippen LogP contribution in [0.5, 0.6) is 0 Å². The van der Waals surface area contributed by atoms with Crippen LogP contribution in [0.15, 0.2) is 53.4 Å². The molecule has 0 saturated heterocycles. The summed E-state index contributed by atoms with van der Waals surface area (Å²) in [4.78, 5) is 17.2. The molecule has 0 fully saturated rings. The van der Waals surface area contributed by atoms with E-state index in [1.54, 1.807) is 19.1 Å². The summed E-state index contributed by atoms with van der Waals surface area (Å²) >= 11 is 1.19. The lowest BCUT2D eigenvalue weighted by Crippen LogP contribution is -2.13. The molecule has 1 aromatic heterocycles. The molecule has 26 heavy (non-hydrogen) atoms. The predicted octanol–water partition coefficient (Wildman–Crippen LogP) is 3.16. The van der Waals surface area contributed by atoms with Gasteiger partial charge in [-0.3, -0.25) is 4.79 Å². The van der Waals surface area contributed by atoms with Gasteiger partial charge in [-0.25, -0.2) is 22.9 Å². The van der Waals surface area contributed by atoms with Gasteiger partial charge in [0.2, 0.25) is 10.0 Å². The van der Waals surface area contributed by atoms with E-state index in [1.165, 1.54) is 47.7 Å². The van der Waals surface area contributed by atoms with E-state index in [1.807, 2.05) is 0 Å². The summed E-state index contributed by atoms with van der Waals surface area (Å²) in [6.07, 6.45) is 0. The van der Waals surface area contributed by atoms with Crippen LogP contribution in [0.1, 0.15) is 15.4 Å². The van der Waals surface area contributed by atoms with Gasteiger partial charge in [0.1, 0.15) is 15.7 Å². The average Bonchev–Trinajstić information content (AvgIpc) is 2.97. The summed E-state index contributed by atoms with van der Waals surface area (Å²) in [6.45, 7) is 1.71. The number of rotatable bonds is 4. The highest BCUT2D eigenvalue weighted by Gasteiger charge is 2.17. The van der Waals surface area contributed by atoms with Crippen LogP contribution in [0.2, 0.25) is 0 Å². The number of sulfonamides is 1. The number of aryl methyl sites for hydroxylation is 1. The van der Waals surface area contributed by atoms with Crippen LogP contribution in [-0.4, -0.2) is 19.3 Å². The largest absolute Gasteiger partial charge is 0.321 e. The molecular weight excluding hydrogens is 377 g/mol. The first-order chi connectivity index (χ1) is 12.2. The van der Waals surface area contributed by atoms with E-state index in [4.69, 9.17) is 5.14 Å². The summed E-state index contributed by atoms with van der Waals surface area (Å²) in [5.41, 5.74) is 1.70. The first-order valence-electron chi connectivity index (χ1n) is 7.41. The monoisotopic (exact) mass is 391 g/mol. The first-order valence-corrected chi connectivity index (χ1v) is 9.78. The minimum atomic E-state index is -3.78. The highest BCUT2D eigenvalue weighted by atomic mass is 32.2. The number of aromatic nitrogens is 1. The van der Waals surface area contributed by atoms with E-state index in [-0.39, 0.29) is 16.6 Å². The number of hydrogen-bond acceptors (Lipinski definition) is 5. The van der Waals surface area contributed by atoms with E-state index in [0.717, 1.165) is 5.56 Å². The molecule has 2 aromatic carbocycles. The lowest BCUT2D eigenvalue weighted by atomic mass is 10.2. The number of hydrogen-bond donors (Lipinski definition) is 2. The van der Waals surface area contributed by atoms with E-state index >= 15 is 0 Å². The number of amides is 1. The van der Waals surface area contributed by atoms with Gasteiger partial charge >= 0.3 is 0 Å². The zero-order chi connectivity index (χ0) is 18.9. The van der Waals surface area contributed by atoms with Crippen molar-refractivity contribution in [3.63, 3.8) is 0 Å². The van der Waals surface area contributed by atoms with Gasteiger partial charge in [0.25, 0.3) is 5.91 Å². The summed E-state index contributed by atoms with van der Waals surface area (Å²) < 4.78 is 35.5. The van der Waals surface area contributed by atoms with Crippen molar-refractivity contribution < 1.29 is 17.6 Å². The van der Waals surface area contributed by atoms with Gasteiger partial charge in [-0.05, 0) is 55.5 Å². The second-order valence-corrected chi connectivity index (χ2v) is 8.02. The van der Waals surface area contributed by atoms with Crippen molar-refractivity contribution in [3.05, 3.63) is 64.9 Å². The number of primary sulfonamides is 1. The molecular formula is C17H14FN3O3S2. The van der Waals surface area contributed by atoms with Crippen molar-refractivity contribution in [2.45, 2.75) is 11.8 Å². The molecule has 3 N–H and O–H groups in total. The standard InChI is InChI=1S/C17H14FN3O3S2/c1-10-15(25-17(20-10)11-2-4-12(18)5-3-11)16(22)21-13-6-8-14(9-7-13)26(19,23)24/h2-9H,1H3,(H,21,22)(H2,19,23,24). The van der Waals surface area contributed by atoms with Gasteiger partial charge in [0, 0.05) is 11.3 Å². The fourth-order valence-electron chi connectivity index (χ4n) is 2.24. The number of nitrogens with two attached hydrogens (primary N) is 1. The van der Waals surface area contributed by atoms with Gasteiger partial charge in [0.15, 0.2) is 0 Å². The molecule has 0 atom stereocenters. The van der Waals surface area contributed by atoms with Crippen molar-refractivity contribution in [1.29, 1.82) is 0 Å². The van der Waals surface area contributed by atoms with Crippen LogP contribution < -0.4 is 10.5 Å². The van der Waals surface area contributed by atoms with Gasteiger partial charge in [-0.2, -0.15) is 0 Å². The minimum absolute atomic E-state index is 0.0388. The summed E-state index contributed by atoms with van der Waals surface area (Å²) in [5.74, 6) is -0.709. The number of carbonyl (C=O) groups excluding carboxylic acids is 1. The normalized spacial score (nSPS) is 11.3. The lowest BCUT2D eigenvalue weighted by Gasteiger charge is -2.05. The molecule has 0 saturated carbocycles. The Hall–Kier alpha value is -2.62. The van der Waals surface area contributed by atoms with E-state index in [0.29, 0.717) is 21.3 Å². The SMILES string of the molecule is Cc1nc(-c2ccc(F)cc2)sc1C(=O)Nc1ccc(S(N)(=O)=O)cc1. The fourth-order valence-corrected chi connectivity index (χ4v) is 3.72. The molecule has 9 heteroatoms. The van der Waals surface area contributed by atoms with Gasteiger partial charge in [-0.1, -0.05) is 0 Å². The Morgan fingerprint density at radius 2 is 1.73 bits per heavy atom. The first kappa shape index (κ1) is 18.2. The zero-order valence-corrected chi connectivity index (χ0v) is 15.2. The number of halogens is 1. The number of thiazole rings is 1. The van der Waals surface area contributed by atoms with Crippen LogP contribution in [0, 0.1) is 12.7 Å². The van der Waals surface area contributed by atoms with Crippen LogP contribution in [0.4, 0.5) is 10.1 Å². The molecule has 0 unspecified atom stereocenters. The lowest BCUT2D eigenvalue weighted by molar-refractivity contribution is 0.103. The van der Waals surface area contributed by atoms with Crippen molar-refractivity contribution in [2.75, 3.05) is 5.32 Å². The van der Waals surface area contributed by atoms with E-state index in [2.05, 4.69) is 10.3 Å². The molecule has 0 aliphatic carbocycles. The second-order valence-electron chi connectivity index (χ2n) is 5.46. The topological polar surface area (TPSA) is 102 Å². The molecule has 3 aromatic rings. The molecule has 0 spiro atoms. The highest BCUT2D eigenvalue weighted by Crippen LogP contribution is 2.28. The maximum absolute atomic E-state index is 13.0. The fraction of sp³-hybridized carbons (Fsp3) is 0.0588. The van der Waals surface area contributed by atoms with Gasteiger partial charge < -0.3 is 5.32 Å². The Balaban J connectivity index is 1.81. The van der Waals surface area contributed by atoms with Crippen molar-refractivity contribution >= 4 is 33.0 Å². The Morgan fingerprint density at radius 3 is 2.31 bits per heavy atom. The molecule has 0 bridgehead atoms. The van der Waals surface area contributed by atoms with Crippen LogP contribution >= 0.6 is 11.3 Å². The highest BCUT2D eigenvalue weighted by molar-refractivity contribution is 7.89. The number of anilines is 1. The molecule has 6 nitrogen and oxygen atoms in total. The molecule has 0 aliphatic rings. The minimum Gasteiger partial charge on any atom is -0.321 e. The summed E-state index contributed by atoms with van der Waals surface area (Å²) in [6, 6.07) is 11.4. The third kappa shape index (κ3) is 3.96. The third-order valence-electron chi connectivity index (χ3n) is 3.53. The van der Waals surface area contributed by atoms with Crippen molar-refractivity contribution in [1.82, 2.24) is 4.98 Å². The Kier molecular flexibility index (Phi) is 4.86. The van der Waals surface area contributed by atoms with E-state index in [9.17, 15) is 17.6 Å². The smallest absolute Gasteiger partial charge is 0.267 e. The molecule has 134 valence electrons. The van der Waals surface area contributed by atoms with Crippen LogP contribution in [-0.2, 0) is 10.0 Å². The average molecular weight is 391 g/mol. The second kappa shape index (κ2) is 6.94. The van der Waals surface area contributed by atoms with Gasteiger partial charge in [0.05, 0.1) is 10.6 Å². The summed E-state index contributed by atoms with van der Waals surface area (Å²) in [7, 11) is -3.78. The Labute approximate surface area is 153 Å². The zero-order valence-electron chi connectivity index (χ0n) is 13.6. The van der Waals surface area contributed by atoms with Crippen molar-refractivity contribution in [3.8, 4) is 10.6 Å². The van der Waals surface area contributed by atoms with Crippen LogP contribution in [0.25, 0.3) is 10.6 Å². The Morgan fingerprint density at radius 1 is 1.12 bits per heavy atom. The van der Waals surface area contributed by atoms with E-state index < -0.39 is 10.0 Å². The number of nitrogens with one attached hydrogen (secondary N) is 1. The van der Waals surface area contributed by atoms with Crippen molar-refractivity contribution in [2.24, 2.45) is 5.14 Å². The molecule has 1 amide bonds.